The Labute approximate surface area is 317 Å². The first-order valence-electron chi connectivity index (χ1n) is 23.9. The Balaban J connectivity index is 2.19. The molecule has 0 N–H and O–H groups in total. The molecule has 0 bridgehead atoms. The molecule has 1 aromatic rings. The van der Waals surface area contributed by atoms with Crippen molar-refractivity contribution in [3.8, 4) is 0 Å². The molecule has 1 heterocycles. The summed E-state index contributed by atoms with van der Waals surface area (Å²) in [5, 5.41) is 0. The molecule has 0 aliphatic carbocycles. The van der Waals surface area contributed by atoms with Gasteiger partial charge in [0.15, 0.2) is 0 Å². The quantitative estimate of drug-likeness (QED) is 0.0474. The summed E-state index contributed by atoms with van der Waals surface area (Å²) in [6, 6.07) is 0. The number of hydrogen-bond donors (Lipinski definition) is 0. The lowest BCUT2D eigenvalue weighted by Gasteiger charge is -2.07. The van der Waals surface area contributed by atoms with E-state index in [0.717, 1.165) is 0 Å². The van der Waals surface area contributed by atoms with E-state index < -0.39 is 0 Å². The maximum Gasteiger partial charge on any atom is 0.256 e. The van der Waals surface area contributed by atoms with Gasteiger partial charge >= 0.3 is 0 Å². The third-order valence-corrected chi connectivity index (χ3v) is 11.6. The van der Waals surface area contributed by atoms with Crippen LogP contribution in [0.15, 0.2) is 12.4 Å². The van der Waals surface area contributed by atoms with Crippen LogP contribution in [0, 0.1) is 0 Å². The lowest BCUT2D eigenvalue weighted by Crippen LogP contribution is -2.37. The largest absolute Gasteiger partial charge is 0.256 e. The monoisotopic (exact) mass is 700 g/mol. The Morgan fingerprint density at radius 1 is 0.340 bits per heavy atom. The number of aromatic nitrogens is 2. The van der Waals surface area contributed by atoms with Crippen LogP contribution in [0.5, 0.6) is 0 Å². The van der Waals surface area contributed by atoms with E-state index in [1.807, 2.05) is 0 Å². The van der Waals surface area contributed by atoms with Crippen LogP contribution < -0.4 is 4.57 Å². The first-order valence-corrected chi connectivity index (χ1v) is 23.9. The molecule has 0 aromatic carbocycles. The van der Waals surface area contributed by atoms with E-state index in [1.54, 1.807) is 5.82 Å². The highest BCUT2D eigenvalue weighted by Gasteiger charge is 2.16. The van der Waals surface area contributed by atoms with Crippen LogP contribution >= 0.6 is 0 Å². The van der Waals surface area contributed by atoms with Crippen molar-refractivity contribution in [3.05, 3.63) is 18.2 Å². The number of hydrogen-bond acceptors (Lipinski definition) is 0. The van der Waals surface area contributed by atoms with Crippen molar-refractivity contribution < 1.29 is 4.57 Å². The van der Waals surface area contributed by atoms with Gasteiger partial charge in [-0.05, 0) is 32.1 Å². The van der Waals surface area contributed by atoms with E-state index >= 15 is 0 Å². The molecule has 1 aromatic heterocycles. The number of nitrogens with zero attached hydrogens (tertiary/aromatic N) is 2. The topological polar surface area (TPSA) is 8.81 Å². The third kappa shape index (κ3) is 30.8. The molecule has 296 valence electrons. The van der Waals surface area contributed by atoms with E-state index in [1.165, 1.54) is 270 Å². The van der Waals surface area contributed by atoms with Gasteiger partial charge in [0.2, 0.25) is 0 Å². The molecular formula is C48H95N2+. The summed E-state index contributed by atoms with van der Waals surface area (Å²) < 4.78 is 5.29. The molecule has 0 radical (unpaired) electrons. The van der Waals surface area contributed by atoms with E-state index in [-0.39, 0.29) is 0 Å². The van der Waals surface area contributed by atoms with Crippen LogP contribution in [0.4, 0.5) is 0 Å². The van der Waals surface area contributed by atoms with Gasteiger partial charge in [0.25, 0.3) is 5.82 Å². The van der Waals surface area contributed by atoms with Crippen LogP contribution in [0.3, 0.4) is 0 Å². The zero-order valence-corrected chi connectivity index (χ0v) is 35.2. The zero-order chi connectivity index (χ0) is 35.8. The van der Waals surface area contributed by atoms with Gasteiger partial charge in [-0.15, -0.1) is 0 Å². The number of rotatable bonds is 42. The Morgan fingerprint density at radius 3 is 0.960 bits per heavy atom. The molecule has 0 aliphatic rings. The lowest BCUT2D eigenvalue weighted by molar-refractivity contribution is -0.704. The van der Waals surface area contributed by atoms with Gasteiger partial charge in [-0.1, -0.05) is 239 Å². The SMILES string of the molecule is CCCCCCCCCCCCCCCCCCCc1n(CCCCCCCCCCCCCCCCC)cc[n+]1CCCCCCCCC. The normalized spacial score (nSPS) is 11.7. The number of unbranched alkanes of at least 4 members (excludes halogenated alkanes) is 36. The highest BCUT2D eigenvalue weighted by Crippen LogP contribution is 2.17. The Morgan fingerprint density at radius 2 is 0.620 bits per heavy atom. The molecular weight excluding hydrogens is 605 g/mol. The van der Waals surface area contributed by atoms with Crippen LogP contribution in [0.2, 0.25) is 0 Å². The Kier molecular flexibility index (Phi) is 37.2. The minimum absolute atomic E-state index is 1.23. The van der Waals surface area contributed by atoms with Gasteiger partial charge < -0.3 is 0 Å². The molecule has 0 saturated heterocycles. The minimum atomic E-state index is 1.23. The summed E-state index contributed by atoms with van der Waals surface area (Å²) in [6.07, 6.45) is 62.3. The molecule has 0 spiro atoms. The van der Waals surface area contributed by atoms with E-state index in [9.17, 15) is 0 Å². The summed E-state index contributed by atoms with van der Waals surface area (Å²) in [5.74, 6) is 1.63. The Hall–Kier alpha value is -0.790. The number of aryl methyl sites for hydroxylation is 2. The molecule has 0 atom stereocenters. The lowest BCUT2D eigenvalue weighted by atomic mass is 10.0. The van der Waals surface area contributed by atoms with Crippen LogP contribution in [-0.4, -0.2) is 4.57 Å². The second kappa shape index (κ2) is 39.4. The predicted octanol–water partition coefficient (Wildman–Crippen LogP) is 16.6. The average Bonchev–Trinajstić information content (AvgIpc) is 3.51. The maximum atomic E-state index is 2.65. The number of imidazole rings is 1. The van der Waals surface area contributed by atoms with Gasteiger partial charge in [0, 0.05) is 6.42 Å². The predicted molar refractivity (Wildman–Crippen MR) is 225 cm³/mol. The van der Waals surface area contributed by atoms with Gasteiger partial charge in [-0.25, -0.2) is 9.13 Å². The molecule has 2 nitrogen and oxygen atoms in total. The molecule has 0 fully saturated rings. The molecule has 0 saturated carbocycles. The fraction of sp³-hybridized carbons (Fsp3) is 0.938. The molecule has 50 heavy (non-hydrogen) atoms. The van der Waals surface area contributed by atoms with Gasteiger partial charge in [0.1, 0.15) is 12.4 Å². The summed E-state index contributed by atoms with van der Waals surface area (Å²) in [5.41, 5.74) is 0. The van der Waals surface area contributed by atoms with Crippen molar-refractivity contribution in [1.29, 1.82) is 0 Å². The molecule has 0 aliphatic heterocycles. The summed E-state index contributed by atoms with van der Waals surface area (Å²) in [7, 11) is 0. The summed E-state index contributed by atoms with van der Waals surface area (Å²) >= 11 is 0. The van der Waals surface area contributed by atoms with Crippen molar-refractivity contribution in [3.63, 3.8) is 0 Å². The van der Waals surface area contributed by atoms with E-state index in [0.29, 0.717) is 0 Å². The van der Waals surface area contributed by atoms with Crippen LogP contribution in [0.1, 0.15) is 277 Å². The minimum Gasteiger partial charge on any atom is -0.234 e. The van der Waals surface area contributed by atoms with Crippen molar-refractivity contribution in [2.75, 3.05) is 0 Å². The maximum absolute atomic E-state index is 2.65. The second-order valence-corrected chi connectivity index (χ2v) is 16.6. The third-order valence-electron chi connectivity index (χ3n) is 11.6. The molecule has 2 heteroatoms. The molecule has 1 rings (SSSR count). The van der Waals surface area contributed by atoms with E-state index in [4.69, 9.17) is 0 Å². The van der Waals surface area contributed by atoms with Gasteiger partial charge in [0.05, 0.1) is 13.1 Å². The van der Waals surface area contributed by atoms with Crippen molar-refractivity contribution >= 4 is 0 Å². The zero-order valence-electron chi connectivity index (χ0n) is 35.2. The molecule has 0 unspecified atom stereocenters. The second-order valence-electron chi connectivity index (χ2n) is 16.6. The highest BCUT2D eigenvalue weighted by atomic mass is 15.1. The highest BCUT2D eigenvalue weighted by molar-refractivity contribution is 4.84. The summed E-state index contributed by atoms with van der Waals surface area (Å²) in [4.78, 5) is 0. The first-order chi connectivity index (χ1) is 24.8. The van der Waals surface area contributed by atoms with Crippen molar-refractivity contribution in [1.82, 2.24) is 4.57 Å². The van der Waals surface area contributed by atoms with Crippen molar-refractivity contribution in [2.24, 2.45) is 0 Å². The van der Waals surface area contributed by atoms with Gasteiger partial charge in [-0.2, -0.15) is 0 Å². The fourth-order valence-corrected chi connectivity index (χ4v) is 8.09. The van der Waals surface area contributed by atoms with Gasteiger partial charge in [-0.3, -0.25) is 0 Å². The van der Waals surface area contributed by atoms with Crippen LogP contribution in [0.25, 0.3) is 0 Å². The molecule has 0 amide bonds. The smallest absolute Gasteiger partial charge is 0.234 e. The van der Waals surface area contributed by atoms with Crippen LogP contribution in [-0.2, 0) is 19.5 Å². The van der Waals surface area contributed by atoms with E-state index in [2.05, 4.69) is 42.3 Å². The first kappa shape index (κ1) is 47.2. The Bertz CT molecular complexity index is 766. The fourth-order valence-electron chi connectivity index (χ4n) is 8.09. The van der Waals surface area contributed by atoms with Crippen molar-refractivity contribution in [2.45, 2.75) is 291 Å². The summed E-state index contributed by atoms with van der Waals surface area (Å²) in [6.45, 7) is 9.41. The standard InChI is InChI=1S/C48H95N2/c1-4-7-10-13-16-18-20-22-24-25-26-28-30-32-34-37-40-43-48-49(44-41-38-35-15-12-9-6-3)46-47-50(48)45-42-39-36-33-31-29-27-23-21-19-17-14-11-8-5-2/h46-47H,4-45H2,1-3H3/q+1. The average molecular weight is 700 g/mol.